The number of hydrogen-bond acceptors (Lipinski definition) is 4. The summed E-state index contributed by atoms with van der Waals surface area (Å²) >= 11 is 0. The van der Waals surface area contributed by atoms with E-state index < -0.39 is 0 Å². The number of carbonyl (C=O) groups is 1. The van der Waals surface area contributed by atoms with Gasteiger partial charge in [-0.1, -0.05) is 0 Å². The molecule has 0 saturated carbocycles. The molecule has 5 heteroatoms. The second-order valence-corrected chi connectivity index (χ2v) is 3.03. The van der Waals surface area contributed by atoms with E-state index in [9.17, 15) is 4.79 Å². The highest BCUT2D eigenvalue weighted by Crippen LogP contribution is 2.26. The largest absolute Gasteiger partial charge is 0.328 e. The molecule has 0 unspecified atom stereocenters. The number of aromatic nitrogens is 3. The molecule has 0 aliphatic carbocycles. The number of carbonyl (C=O) groups excluding carboxylic acids is 1. The Balaban J connectivity index is 2.50. The summed E-state index contributed by atoms with van der Waals surface area (Å²) in [6.07, 6.45) is 2.33. The van der Waals surface area contributed by atoms with Gasteiger partial charge in [-0.25, -0.2) is 4.68 Å². The molecule has 1 aliphatic rings. The predicted octanol–water partition coefficient (Wildman–Crippen LogP) is 0.737. The number of hydrogen-bond donors (Lipinski definition) is 1. The summed E-state index contributed by atoms with van der Waals surface area (Å²) in [5.74, 6) is 0.690. The van der Waals surface area contributed by atoms with E-state index in [-0.39, 0.29) is 6.04 Å². The van der Waals surface area contributed by atoms with E-state index in [0.717, 1.165) is 17.6 Å². The molecule has 1 aromatic heterocycles. The van der Waals surface area contributed by atoms with Crippen LogP contribution in [-0.2, 0) is 4.79 Å². The molecule has 1 aliphatic heterocycles. The third kappa shape index (κ3) is 1.04. The first-order valence-corrected chi connectivity index (χ1v) is 4.06. The monoisotopic (exact) mass is 178 g/mol. The smallest absolute Gasteiger partial charge is 0.225 e. The number of allylic oxidation sites excluding steroid dienone is 2. The Morgan fingerprint density at radius 2 is 2.46 bits per heavy atom. The van der Waals surface area contributed by atoms with Gasteiger partial charge in [-0.15, -0.1) is 0 Å². The Morgan fingerprint density at radius 3 is 3.15 bits per heavy atom. The zero-order valence-corrected chi connectivity index (χ0v) is 7.48. The summed E-state index contributed by atoms with van der Waals surface area (Å²) in [5, 5.41) is 7.03. The summed E-state index contributed by atoms with van der Waals surface area (Å²) in [6.45, 7) is 3.78. The Morgan fingerprint density at radius 1 is 1.69 bits per heavy atom. The highest BCUT2D eigenvalue weighted by atomic mass is 16.1. The van der Waals surface area contributed by atoms with Crippen molar-refractivity contribution < 1.29 is 4.79 Å². The maximum Gasteiger partial charge on any atom is 0.225 e. The normalized spacial score (nSPS) is 20.9. The summed E-state index contributed by atoms with van der Waals surface area (Å²) < 4.78 is 1.69. The van der Waals surface area contributed by atoms with E-state index >= 15 is 0 Å². The van der Waals surface area contributed by atoms with Crippen LogP contribution in [0.25, 0.3) is 0 Å². The number of nitrogens with zero attached hydrogens (tertiary/aromatic N) is 3. The quantitative estimate of drug-likeness (QED) is 0.644. The van der Waals surface area contributed by atoms with Crippen LogP contribution >= 0.6 is 0 Å². The molecule has 1 aromatic rings. The van der Waals surface area contributed by atoms with E-state index in [1.807, 2.05) is 13.8 Å². The van der Waals surface area contributed by atoms with Gasteiger partial charge in [-0.3, -0.25) is 4.79 Å². The Kier molecular flexibility index (Phi) is 1.65. The van der Waals surface area contributed by atoms with Crippen molar-refractivity contribution in [2.75, 3.05) is 5.32 Å². The van der Waals surface area contributed by atoms with Crippen LogP contribution in [0.4, 0.5) is 5.95 Å². The summed E-state index contributed by atoms with van der Waals surface area (Å²) in [4.78, 5) is 14.8. The van der Waals surface area contributed by atoms with Gasteiger partial charge < -0.3 is 5.32 Å². The van der Waals surface area contributed by atoms with Crippen LogP contribution in [-0.4, -0.2) is 21.1 Å². The third-order valence-corrected chi connectivity index (χ3v) is 2.25. The second kappa shape index (κ2) is 2.69. The molecule has 1 N–H and O–H groups in total. The van der Waals surface area contributed by atoms with Gasteiger partial charge in [0.15, 0.2) is 0 Å². The van der Waals surface area contributed by atoms with Gasteiger partial charge in [0.05, 0.1) is 6.04 Å². The van der Waals surface area contributed by atoms with Gasteiger partial charge in [-0.2, -0.15) is 10.1 Å². The molecule has 0 saturated heterocycles. The minimum absolute atomic E-state index is 0.0313. The standard InChI is InChI=1S/C8H10N4O/c1-5-7(3-13)6(2)12-8(11-5)9-4-10-12/h3-4,6H,1-2H3,(H,9,10,11)/t6-/m1/s1. The van der Waals surface area contributed by atoms with Gasteiger partial charge in [0, 0.05) is 11.3 Å². The van der Waals surface area contributed by atoms with E-state index in [2.05, 4.69) is 15.4 Å². The van der Waals surface area contributed by atoms with Crippen LogP contribution in [0.2, 0.25) is 0 Å². The van der Waals surface area contributed by atoms with Crippen molar-refractivity contribution in [3.63, 3.8) is 0 Å². The molecule has 13 heavy (non-hydrogen) atoms. The van der Waals surface area contributed by atoms with Crippen molar-refractivity contribution >= 4 is 12.2 Å². The minimum Gasteiger partial charge on any atom is -0.328 e. The lowest BCUT2D eigenvalue weighted by atomic mass is 10.1. The van der Waals surface area contributed by atoms with Crippen LogP contribution in [0.1, 0.15) is 19.9 Å². The minimum atomic E-state index is -0.0313. The molecule has 0 aromatic carbocycles. The predicted molar refractivity (Wildman–Crippen MR) is 47.1 cm³/mol. The molecule has 0 fully saturated rings. The van der Waals surface area contributed by atoms with Crippen molar-refractivity contribution in [3.8, 4) is 0 Å². The average Bonchev–Trinajstić information content (AvgIpc) is 2.53. The highest BCUT2D eigenvalue weighted by Gasteiger charge is 2.22. The van der Waals surface area contributed by atoms with E-state index in [4.69, 9.17) is 0 Å². The average molecular weight is 178 g/mol. The summed E-state index contributed by atoms with van der Waals surface area (Å²) in [5.41, 5.74) is 1.57. The van der Waals surface area contributed by atoms with Crippen molar-refractivity contribution in [1.29, 1.82) is 0 Å². The maximum absolute atomic E-state index is 10.8. The first-order chi connectivity index (χ1) is 6.24. The van der Waals surface area contributed by atoms with Crippen LogP contribution in [0.5, 0.6) is 0 Å². The van der Waals surface area contributed by atoms with E-state index in [1.54, 1.807) is 4.68 Å². The number of fused-ring (bicyclic) bond motifs is 1. The lowest BCUT2D eigenvalue weighted by Crippen LogP contribution is -2.22. The van der Waals surface area contributed by atoms with Crippen molar-refractivity contribution in [2.24, 2.45) is 0 Å². The second-order valence-electron chi connectivity index (χ2n) is 3.03. The third-order valence-electron chi connectivity index (χ3n) is 2.25. The van der Waals surface area contributed by atoms with E-state index in [0.29, 0.717) is 5.95 Å². The van der Waals surface area contributed by atoms with Gasteiger partial charge in [0.2, 0.25) is 5.95 Å². The zero-order valence-electron chi connectivity index (χ0n) is 7.48. The molecule has 68 valence electrons. The van der Waals surface area contributed by atoms with Crippen molar-refractivity contribution in [3.05, 3.63) is 17.6 Å². The SMILES string of the molecule is CC1=C(C=O)[C@@H](C)n2ncnc2N1. The zero-order chi connectivity index (χ0) is 9.42. The molecular formula is C8H10N4O. The van der Waals surface area contributed by atoms with Crippen LogP contribution < -0.4 is 5.32 Å². The molecular weight excluding hydrogens is 168 g/mol. The van der Waals surface area contributed by atoms with Crippen LogP contribution in [0, 0.1) is 0 Å². The molecule has 0 bridgehead atoms. The first kappa shape index (κ1) is 7.97. The number of anilines is 1. The first-order valence-electron chi connectivity index (χ1n) is 4.06. The number of aldehydes is 1. The molecule has 2 heterocycles. The lowest BCUT2D eigenvalue weighted by Gasteiger charge is -2.22. The fourth-order valence-electron chi connectivity index (χ4n) is 1.49. The van der Waals surface area contributed by atoms with E-state index in [1.165, 1.54) is 6.33 Å². The number of rotatable bonds is 1. The van der Waals surface area contributed by atoms with Gasteiger partial charge in [0.1, 0.15) is 12.6 Å². The Bertz CT molecular complexity index is 379. The fourth-order valence-corrected chi connectivity index (χ4v) is 1.49. The molecule has 0 radical (unpaired) electrons. The molecule has 0 amide bonds. The highest BCUT2D eigenvalue weighted by molar-refractivity contribution is 5.77. The summed E-state index contributed by atoms with van der Waals surface area (Å²) in [6, 6.07) is -0.0313. The Hall–Kier alpha value is -1.65. The molecule has 0 spiro atoms. The Labute approximate surface area is 75.5 Å². The van der Waals surface area contributed by atoms with Crippen molar-refractivity contribution in [2.45, 2.75) is 19.9 Å². The van der Waals surface area contributed by atoms with Gasteiger partial charge in [0.25, 0.3) is 0 Å². The number of nitrogens with one attached hydrogen (secondary N) is 1. The molecule has 2 rings (SSSR count). The fraction of sp³-hybridized carbons (Fsp3) is 0.375. The van der Waals surface area contributed by atoms with Crippen molar-refractivity contribution in [1.82, 2.24) is 14.8 Å². The maximum atomic E-state index is 10.8. The molecule has 5 nitrogen and oxygen atoms in total. The lowest BCUT2D eigenvalue weighted by molar-refractivity contribution is -0.105. The van der Waals surface area contributed by atoms with Gasteiger partial charge >= 0.3 is 0 Å². The summed E-state index contributed by atoms with van der Waals surface area (Å²) in [7, 11) is 0. The van der Waals surface area contributed by atoms with Crippen LogP contribution in [0.15, 0.2) is 17.6 Å². The van der Waals surface area contributed by atoms with Crippen LogP contribution in [0.3, 0.4) is 0 Å². The molecule has 1 atom stereocenters. The van der Waals surface area contributed by atoms with Gasteiger partial charge in [-0.05, 0) is 13.8 Å². The topological polar surface area (TPSA) is 59.8 Å².